The molecule has 5 nitrogen and oxygen atoms in total. The highest BCUT2D eigenvalue weighted by molar-refractivity contribution is 5.92. The Kier molecular flexibility index (Phi) is 6.00. The Morgan fingerprint density at radius 2 is 2.32 bits per heavy atom. The Morgan fingerprint density at radius 3 is 2.95 bits per heavy atom. The van der Waals surface area contributed by atoms with Crippen molar-refractivity contribution in [1.82, 2.24) is 4.90 Å². The molecule has 0 heterocycles. The fourth-order valence-electron chi connectivity index (χ4n) is 1.60. The number of aliphatic hydroxyl groups excluding tert-OH is 1. The number of amides is 1. The first kappa shape index (κ1) is 15.2. The number of anilines is 1. The number of benzene rings is 1. The van der Waals surface area contributed by atoms with Crippen LogP contribution in [0.25, 0.3) is 0 Å². The third-order valence-corrected chi connectivity index (χ3v) is 2.62. The molecule has 0 aliphatic rings. The van der Waals surface area contributed by atoms with Gasteiger partial charge in [0.05, 0.1) is 24.3 Å². The van der Waals surface area contributed by atoms with Crippen LogP contribution in [-0.2, 0) is 4.79 Å². The van der Waals surface area contributed by atoms with Crippen LogP contribution < -0.4 is 5.32 Å². The zero-order valence-corrected chi connectivity index (χ0v) is 11.3. The van der Waals surface area contributed by atoms with Gasteiger partial charge >= 0.3 is 0 Å². The smallest absolute Gasteiger partial charge is 0.238 e. The molecule has 0 saturated heterocycles. The van der Waals surface area contributed by atoms with Crippen molar-refractivity contribution in [2.24, 2.45) is 0 Å². The van der Waals surface area contributed by atoms with Gasteiger partial charge in [-0.3, -0.25) is 9.69 Å². The van der Waals surface area contributed by atoms with Crippen LogP contribution in [-0.4, -0.2) is 42.2 Å². The van der Waals surface area contributed by atoms with Crippen molar-refractivity contribution in [1.29, 1.82) is 5.26 Å². The summed E-state index contributed by atoms with van der Waals surface area (Å²) in [5.41, 5.74) is 1.13. The lowest BCUT2D eigenvalue weighted by Gasteiger charge is -2.17. The predicted octanol–water partition coefficient (Wildman–Crippen LogP) is 1.20. The highest BCUT2D eigenvalue weighted by atomic mass is 16.3. The molecule has 0 fully saturated rings. The van der Waals surface area contributed by atoms with Crippen LogP contribution in [0.1, 0.15) is 18.9 Å². The molecule has 1 aromatic carbocycles. The van der Waals surface area contributed by atoms with Gasteiger partial charge in [0.15, 0.2) is 0 Å². The van der Waals surface area contributed by atoms with Crippen LogP contribution in [0, 0.1) is 11.3 Å². The van der Waals surface area contributed by atoms with E-state index in [0.717, 1.165) is 0 Å². The number of hydrogen-bond donors (Lipinski definition) is 2. The summed E-state index contributed by atoms with van der Waals surface area (Å²) in [7, 11) is 1.83. The second-order valence-electron chi connectivity index (χ2n) is 4.62. The minimum atomic E-state index is -0.363. The lowest BCUT2D eigenvalue weighted by molar-refractivity contribution is -0.117. The summed E-state index contributed by atoms with van der Waals surface area (Å²) < 4.78 is 0. The van der Waals surface area contributed by atoms with Gasteiger partial charge in [-0.25, -0.2) is 0 Å². The van der Waals surface area contributed by atoms with Crippen molar-refractivity contribution in [3.63, 3.8) is 0 Å². The van der Waals surface area contributed by atoms with E-state index in [1.807, 2.05) is 18.0 Å². The van der Waals surface area contributed by atoms with E-state index >= 15 is 0 Å². The summed E-state index contributed by atoms with van der Waals surface area (Å²) in [5.74, 6) is -0.136. The van der Waals surface area contributed by atoms with Crippen molar-refractivity contribution < 1.29 is 9.90 Å². The normalized spacial score (nSPS) is 11.9. The summed E-state index contributed by atoms with van der Waals surface area (Å²) in [6, 6.07) is 8.81. The van der Waals surface area contributed by atoms with Gasteiger partial charge in [-0.15, -0.1) is 0 Å². The number of nitriles is 1. The van der Waals surface area contributed by atoms with E-state index in [1.165, 1.54) is 0 Å². The maximum absolute atomic E-state index is 11.8. The molecule has 0 spiro atoms. The van der Waals surface area contributed by atoms with Crippen molar-refractivity contribution in [3.05, 3.63) is 29.8 Å². The minimum absolute atomic E-state index is 0.136. The quantitative estimate of drug-likeness (QED) is 0.806. The first-order chi connectivity index (χ1) is 9.01. The average molecular weight is 261 g/mol. The molecule has 0 aromatic heterocycles. The standard InChI is InChI=1S/C14H19N3O2/c1-11(18)6-7-17(2)10-14(19)16-13-5-3-4-12(8-13)9-15/h3-5,8,11,18H,6-7,10H2,1-2H3,(H,16,19). The minimum Gasteiger partial charge on any atom is -0.393 e. The van der Waals surface area contributed by atoms with Crippen LogP contribution in [0.4, 0.5) is 5.69 Å². The van der Waals surface area contributed by atoms with Gasteiger partial charge in [0, 0.05) is 12.2 Å². The molecule has 0 aliphatic heterocycles. The topological polar surface area (TPSA) is 76.4 Å². The number of carbonyl (C=O) groups excluding carboxylic acids is 1. The third kappa shape index (κ3) is 6.00. The van der Waals surface area contributed by atoms with Crippen molar-refractivity contribution >= 4 is 11.6 Å². The first-order valence-corrected chi connectivity index (χ1v) is 6.18. The summed E-state index contributed by atoms with van der Waals surface area (Å²) >= 11 is 0. The van der Waals surface area contributed by atoms with Crippen molar-refractivity contribution in [3.8, 4) is 6.07 Å². The van der Waals surface area contributed by atoms with E-state index in [4.69, 9.17) is 5.26 Å². The SMILES string of the molecule is CC(O)CCN(C)CC(=O)Nc1cccc(C#N)c1. The Bertz CT molecular complexity index is 466. The average Bonchev–Trinajstić information content (AvgIpc) is 2.36. The maximum Gasteiger partial charge on any atom is 0.238 e. The second kappa shape index (κ2) is 7.52. The number of rotatable bonds is 6. The van der Waals surface area contributed by atoms with Gasteiger partial charge in [-0.05, 0) is 38.6 Å². The van der Waals surface area contributed by atoms with Gasteiger partial charge in [0.1, 0.15) is 0 Å². The van der Waals surface area contributed by atoms with Crippen LogP contribution in [0.5, 0.6) is 0 Å². The molecule has 0 aliphatic carbocycles. The van der Waals surface area contributed by atoms with Gasteiger partial charge in [0.25, 0.3) is 0 Å². The predicted molar refractivity (Wildman–Crippen MR) is 73.6 cm³/mol. The van der Waals surface area contributed by atoms with Gasteiger partial charge < -0.3 is 10.4 Å². The molecule has 0 saturated carbocycles. The number of nitrogens with zero attached hydrogens (tertiary/aromatic N) is 2. The highest BCUT2D eigenvalue weighted by Crippen LogP contribution is 2.09. The molecule has 2 N–H and O–H groups in total. The summed E-state index contributed by atoms with van der Waals surface area (Å²) in [6.07, 6.45) is 0.270. The first-order valence-electron chi connectivity index (χ1n) is 6.18. The van der Waals surface area contributed by atoms with E-state index in [-0.39, 0.29) is 18.6 Å². The van der Waals surface area contributed by atoms with E-state index in [0.29, 0.717) is 24.2 Å². The molecule has 19 heavy (non-hydrogen) atoms. The number of aliphatic hydroxyl groups is 1. The van der Waals surface area contributed by atoms with E-state index in [1.54, 1.807) is 31.2 Å². The number of carbonyl (C=O) groups is 1. The molecular formula is C14H19N3O2. The fraction of sp³-hybridized carbons (Fsp3) is 0.429. The largest absolute Gasteiger partial charge is 0.393 e. The van der Waals surface area contributed by atoms with Gasteiger partial charge in [-0.1, -0.05) is 6.07 Å². The Balaban J connectivity index is 2.44. The van der Waals surface area contributed by atoms with Crippen LogP contribution >= 0.6 is 0 Å². The Labute approximate surface area is 113 Å². The fourth-order valence-corrected chi connectivity index (χ4v) is 1.60. The van der Waals surface area contributed by atoms with Crippen LogP contribution in [0.2, 0.25) is 0 Å². The molecule has 1 aromatic rings. The van der Waals surface area contributed by atoms with E-state index < -0.39 is 0 Å². The van der Waals surface area contributed by atoms with Gasteiger partial charge in [0.2, 0.25) is 5.91 Å². The molecule has 1 rings (SSSR count). The lowest BCUT2D eigenvalue weighted by Crippen LogP contribution is -2.32. The summed E-state index contributed by atoms with van der Waals surface area (Å²) in [6.45, 7) is 2.63. The monoisotopic (exact) mass is 261 g/mol. The van der Waals surface area contributed by atoms with E-state index in [2.05, 4.69) is 5.32 Å². The number of hydrogen-bond acceptors (Lipinski definition) is 4. The lowest BCUT2D eigenvalue weighted by atomic mass is 10.2. The zero-order valence-electron chi connectivity index (χ0n) is 11.3. The molecule has 0 bridgehead atoms. The van der Waals surface area contributed by atoms with Crippen molar-refractivity contribution in [2.45, 2.75) is 19.4 Å². The molecule has 5 heteroatoms. The van der Waals surface area contributed by atoms with Crippen LogP contribution in [0.15, 0.2) is 24.3 Å². The van der Waals surface area contributed by atoms with Gasteiger partial charge in [-0.2, -0.15) is 5.26 Å². The molecule has 1 amide bonds. The molecule has 0 radical (unpaired) electrons. The zero-order chi connectivity index (χ0) is 14.3. The number of likely N-dealkylation sites (N-methyl/N-ethyl adjacent to an activating group) is 1. The van der Waals surface area contributed by atoms with Crippen LogP contribution in [0.3, 0.4) is 0 Å². The molecule has 102 valence electrons. The second-order valence-corrected chi connectivity index (χ2v) is 4.62. The Hall–Kier alpha value is -1.90. The highest BCUT2D eigenvalue weighted by Gasteiger charge is 2.08. The van der Waals surface area contributed by atoms with E-state index in [9.17, 15) is 9.90 Å². The maximum atomic E-state index is 11.8. The molecular weight excluding hydrogens is 242 g/mol. The number of nitrogens with one attached hydrogen (secondary N) is 1. The Morgan fingerprint density at radius 1 is 1.58 bits per heavy atom. The summed E-state index contributed by atoms with van der Waals surface area (Å²) in [5, 5.41) is 20.7. The van der Waals surface area contributed by atoms with Crippen molar-refractivity contribution in [2.75, 3.05) is 25.5 Å². The molecule has 1 unspecified atom stereocenters. The third-order valence-electron chi connectivity index (χ3n) is 2.62. The molecule has 1 atom stereocenters. The summed E-state index contributed by atoms with van der Waals surface area (Å²) in [4.78, 5) is 13.6.